The number of urea groups is 1. The van der Waals surface area contributed by atoms with Crippen molar-refractivity contribution in [3.05, 3.63) is 53.4 Å². The van der Waals surface area contributed by atoms with Crippen LogP contribution in [0.5, 0.6) is 0 Å². The molecule has 1 aromatic heterocycles. The van der Waals surface area contributed by atoms with Crippen molar-refractivity contribution in [3.63, 3.8) is 0 Å². The minimum Gasteiger partial charge on any atom is -0.351 e. The lowest BCUT2D eigenvalue weighted by Gasteiger charge is -2.16. The van der Waals surface area contributed by atoms with Crippen LogP contribution in [0.15, 0.2) is 47.8 Å². The number of rotatable bonds is 2. The number of primary amides is 1. The molecule has 5 heteroatoms. The summed E-state index contributed by atoms with van der Waals surface area (Å²) in [5.41, 5.74) is 5.67. The highest BCUT2D eigenvalue weighted by molar-refractivity contribution is 7.14. The van der Waals surface area contributed by atoms with Crippen LogP contribution in [0, 0.1) is 0 Å². The van der Waals surface area contributed by atoms with Crippen molar-refractivity contribution >= 4 is 28.3 Å². The van der Waals surface area contributed by atoms with Gasteiger partial charge in [-0.1, -0.05) is 18.2 Å². The van der Waals surface area contributed by atoms with Gasteiger partial charge in [-0.25, -0.2) is 9.69 Å². The lowest BCUT2D eigenvalue weighted by Crippen LogP contribution is -2.40. The second-order valence-electron chi connectivity index (χ2n) is 3.30. The molecule has 4 nitrogen and oxygen atoms in total. The molecule has 1 heterocycles. The Morgan fingerprint density at radius 1 is 1.06 bits per heavy atom. The number of imide groups is 1. The standard InChI is InChI=1S/C12H10N2O2S/c13-12(16)14(10-7-4-8-17-10)11(15)9-5-2-1-3-6-9/h1-8H,(H2,13,16). The van der Waals surface area contributed by atoms with Gasteiger partial charge in [0.1, 0.15) is 5.00 Å². The summed E-state index contributed by atoms with van der Waals surface area (Å²) in [7, 11) is 0. The zero-order valence-electron chi connectivity index (χ0n) is 8.87. The molecule has 0 bridgehead atoms. The molecule has 1 aromatic carbocycles. The third kappa shape index (κ3) is 2.34. The Bertz CT molecular complexity index is 523. The summed E-state index contributed by atoms with van der Waals surface area (Å²) in [6.45, 7) is 0. The van der Waals surface area contributed by atoms with Crippen LogP contribution in [0.1, 0.15) is 10.4 Å². The SMILES string of the molecule is NC(=O)N(C(=O)c1ccccc1)c1cccs1. The largest absolute Gasteiger partial charge is 0.351 e. The first-order valence-electron chi connectivity index (χ1n) is 4.92. The van der Waals surface area contributed by atoms with Crippen molar-refractivity contribution in [1.29, 1.82) is 0 Å². The monoisotopic (exact) mass is 246 g/mol. The number of amides is 3. The first-order chi connectivity index (χ1) is 8.20. The fourth-order valence-corrected chi connectivity index (χ4v) is 2.15. The summed E-state index contributed by atoms with van der Waals surface area (Å²) in [5, 5.41) is 2.30. The van der Waals surface area contributed by atoms with Gasteiger partial charge in [0.2, 0.25) is 0 Å². The molecule has 0 aliphatic heterocycles. The van der Waals surface area contributed by atoms with Gasteiger partial charge in [-0.3, -0.25) is 4.79 Å². The Morgan fingerprint density at radius 3 is 2.29 bits per heavy atom. The predicted molar refractivity (Wildman–Crippen MR) is 67.2 cm³/mol. The van der Waals surface area contributed by atoms with Crippen LogP contribution < -0.4 is 10.6 Å². The Hall–Kier alpha value is -2.14. The molecule has 2 rings (SSSR count). The zero-order valence-corrected chi connectivity index (χ0v) is 9.68. The minimum absolute atomic E-state index is 0.416. The van der Waals surface area contributed by atoms with Gasteiger partial charge in [0.15, 0.2) is 0 Å². The van der Waals surface area contributed by atoms with Crippen LogP contribution in [0.3, 0.4) is 0 Å². The van der Waals surface area contributed by atoms with Crippen molar-refractivity contribution in [2.45, 2.75) is 0 Å². The number of hydrogen-bond acceptors (Lipinski definition) is 3. The lowest BCUT2D eigenvalue weighted by molar-refractivity contribution is 0.0996. The maximum atomic E-state index is 12.1. The third-order valence-electron chi connectivity index (χ3n) is 2.17. The van der Waals surface area contributed by atoms with Gasteiger partial charge in [0.05, 0.1) is 0 Å². The Labute approximate surface area is 102 Å². The van der Waals surface area contributed by atoms with Crippen LogP contribution >= 0.6 is 11.3 Å². The molecule has 0 spiro atoms. The van der Waals surface area contributed by atoms with E-state index in [2.05, 4.69) is 0 Å². The van der Waals surface area contributed by atoms with Crippen molar-refractivity contribution < 1.29 is 9.59 Å². The predicted octanol–water partition coefficient (Wildman–Crippen LogP) is 2.47. The summed E-state index contributed by atoms with van der Waals surface area (Å²) in [5.74, 6) is -0.416. The molecular formula is C12H10N2O2S. The third-order valence-corrected chi connectivity index (χ3v) is 3.02. The van der Waals surface area contributed by atoms with Crippen LogP contribution in [0.2, 0.25) is 0 Å². The number of nitrogens with zero attached hydrogens (tertiary/aromatic N) is 1. The van der Waals surface area contributed by atoms with E-state index in [1.807, 2.05) is 0 Å². The van der Waals surface area contributed by atoms with Gasteiger partial charge < -0.3 is 5.73 Å². The summed E-state index contributed by atoms with van der Waals surface area (Å²) in [4.78, 5) is 24.4. The van der Waals surface area contributed by atoms with Crippen molar-refractivity contribution in [2.75, 3.05) is 4.90 Å². The van der Waals surface area contributed by atoms with E-state index in [4.69, 9.17) is 5.73 Å². The lowest BCUT2D eigenvalue weighted by atomic mass is 10.2. The number of nitrogens with two attached hydrogens (primary N) is 1. The van der Waals surface area contributed by atoms with Crippen LogP contribution in [0.25, 0.3) is 0 Å². The molecule has 0 atom stereocenters. The van der Waals surface area contributed by atoms with Gasteiger partial charge in [-0.15, -0.1) is 11.3 Å². The maximum Gasteiger partial charge on any atom is 0.327 e. The van der Waals surface area contributed by atoms with E-state index in [1.165, 1.54) is 11.3 Å². The van der Waals surface area contributed by atoms with Crippen LogP contribution in [0.4, 0.5) is 9.80 Å². The second kappa shape index (κ2) is 4.80. The highest BCUT2D eigenvalue weighted by Gasteiger charge is 2.22. The quantitative estimate of drug-likeness (QED) is 0.884. The summed E-state index contributed by atoms with van der Waals surface area (Å²) >= 11 is 1.29. The van der Waals surface area contributed by atoms with E-state index in [1.54, 1.807) is 47.8 Å². The number of hydrogen-bond donors (Lipinski definition) is 1. The first-order valence-corrected chi connectivity index (χ1v) is 5.80. The van der Waals surface area contributed by atoms with E-state index in [9.17, 15) is 9.59 Å². The van der Waals surface area contributed by atoms with E-state index in [0.717, 1.165) is 4.90 Å². The molecule has 0 saturated carbocycles. The summed E-state index contributed by atoms with van der Waals surface area (Å²) in [6.07, 6.45) is 0. The molecule has 0 fully saturated rings. The topological polar surface area (TPSA) is 63.4 Å². The van der Waals surface area contributed by atoms with E-state index in [0.29, 0.717) is 10.6 Å². The fraction of sp³-hybridized carbons (Fsp3) is 0. The molecule has 0 aliphatic carbocycles. The molecule has 0 unspecified atom stereocenters. The van der Waals surface area contributed by atoms with Gasteiger partial charge in [0, 0.05) is 5.56 Å². The average Bonchev–Trinajstić information content (AvgIpc) is 2.83. The molecule has 0 radical (unpaired) electrons. The number of thiophene rings is 1. The Balaban J connectivity index is 2.36. The molecular weight excluding hydrogens is 236 g/mol. The number of anilines is 1. The normalized spacial score (nSPS) is 9.88. The molecule has 17 heavy (non-hydrogen) atoms. The molecule has 2 aromatic rings. The number of carbonyl (C=O) groups excluding carboxylic acids is 2. The number of carbonyl (C=O) groups is 2. The highest BCUT2D eigenvalue weighted by Crippen LogP contribution is 2.22. The van der Waals surface area contributed by atoms with Crippen LogP contribution in [-0.4, -0.2) is 11.9 Å². The Kier molecular flexibility index (Phi) is 3.20. The summed E-state index contributed by atoms with van der Waals surface area (Å²) in [6, 6.07) is 11.2. The number of benzene rings is 1. The van der Waals surface area contributed by atoms with Gasteiger partial charge in [0.25, 0.3) is 5.91 Å². The van der Waals surface area contributed by atoms with E-state index < -0.39 is 11.9 Å². The zero-order chi connectivity index (χ0) is 12.3. The smallest absolute Gasteiger partial charge is 0.327 e. The molecule has 0 aliphatic rings. The van der Waals surface area contributed by atoms with Gasteiger partial charge >= 0.3 is 6.03 Å². The molecule has 3 amide bonds. The van der Waals surface area contributed by atoms with Gasteiger partial charge in [-0.2, -0.15) is 0 Å². The molecule has 2 N–H and O–H groups in total. The fourth-order valence-electron chi connectivity index (χ4n) is 1.42. The minimum atomic E-state index is -0.777. The Morgan fingerprint density at radius 2 is 1.76 bits per heavy atom. The maximum absolute atomic E-state index is 12.1. The molecule has 0 saturated heterocycles. The van der Waals surface area contributed by atoms with Crippen molar-refractivity contribution in [2.24, 2.45) is 5.73 Å². The van der Waals surface area contributed by atoms with Crippen LogP contribution in [-0.2, 0) is 0 Å². The van der Waals surface area contributed by atoms with E-state index >= 15 is 0 Å². The van der Waals surface area contributed by atoms with Gasteiger partial charge in [-0.05, 0) is 29.6 Å². The van der Waals surface area contributed by atoms with E-state index in [-0.39, 0.29) is 0 Å². The average molecular weight is 246 g/mol. The second-order valence-corrected chi connectivity index (χ2v) is 4.22. The highest BCUT2D eigenvalue weighted by atomic mass is 32.1. The first kappa shape index (κ1) is 11.3. The van der Waals surface area contributed by atoms with Crippen molar-refractivity contribution in [3.8, 4) is 0 Å². The molecule has 86 valence electrons. The summed E-state index contributed by atoms with van der Waals surface area (Å²) < 4.78 is 0. The van der Waals surface area contributed by atoms with Crippen molar-refractivity contribution in [1.82, 2.24) is 0 Å².